The van der Waals surface area contributed by atoms with E-state index in [4.69, 9.17) is 10.9 Å². The van der Waals surface area contributed by atoms with Gasteiger partial charge in [-0.25, -0.2) is 4.98 Å². The lowest BCUT2D eigenvalue weighted by Crippen LogP contribution is -2.19. The number of imidazole rings is 1. The molecule has 0 atom stereocenters. The molecule has 1 aromatic carbocycles. The van der Waals surface area contributed by atoms with E-state index < -0.39 is 10.0 Å². The van der Waals surface area contributed by atoms with Crippen LogP contribution in [0.2, 0.25) is 0 Å². The number of para-hydroxylation sites is 1. The van der Waals surface area contributed by atoms with Gasteiger partial charge in [-0.2, -0.15) is 8.42 Å². The molecule has 0 saturated heterocycles. The molecule has 2 aromatic rings. The normalized spacial score (nSPS) is 12.3. The summed E-state index contributed by atoms with van der Waals surface area (Å²) in [4.78, 5) is 6.13. The highest BCUT2D eigenvalue weighted by Crippen LogP contribution is 2.18. The molecule has 19 heavy (non-hydrogen) atoms. The van der Waals surface area contributed by atoms with Crippen molar-refractivity contribution in [3.05, 3.63) is 42.4 Å². The van der Waals surface area contributed by atoms with Crippen LogP contribution in [0.15, 0.2) is 47.0 Å². The zero-order chi connectivity index (χ0) is 13.9. The van der Waals surface area contributed by atoms with E-state index in [1.165, 1.54) is 24.7 Å². The molecule has 0 spiro atoms. The van der Waals surface area contributed by atoms with Crippen molar-refractivity contribution in [2.45, 2.75) is 5.03 Å². The van der Waals surface area contributed by atoms with Gasteiger partial charge >= 0.3 is 0 Å². The number of benzene rings is 1. The van der Waals surface area contributed by atoms with E-state index in [1.807, 2.05) is 0 Å². The monoisotopic (exact) mass is 281 g/mol. The molecule has 0 radical (unpaired) electrons. The van der Waals surface area contributed by atoms with Gasteiger partial charge in [-0.15, -0.1) is 0 Å². The number of H-pyrrole nitrogens is 1. The molecule has 0 aliphatic rings. The third kappa shape index (κ3) is 2.65. The first-order valence-electron chi connectivity index (χ1n) is 5.12. The van der Waals surface area contributed by atoms with Crippen molar-refractivity contribution in [3.8, 4) is 0 Å². The summed E-state index contributed by atoms with van der Waals surface area (Å²) in [6.07, 6.45) is 2.43. The van der Waals surface area contributed by atoms with Crippen LogP contribution in [0.5, 0.6) is 0 Å². The molecule has 0 bridgehead atoms. The molecule has 5 N–H and O–H groups in total. The molecule has 100 valence electrons. The van der Waals surface area contributed by atoms with E-state index in [2.05, 4.69) is 19.8 Å². The highest BCUT2D eigenvalue weighted by atomic mass is 32.2. The topological polar surface area (TPSA) is 133 Å². The number of hydrogen-bond donors (Lipinski definition) is 4. The lowest BCUT2D eigenvalue weighted by Gasteiger charge is -2.10. The Kier molecular flexibility index (Phi) is 3.38. The van der Waals surface area contributed by atoms with Crippen LogP contribution >= 0.6 is 0 Å². The summed E-state index contributed by atoms with van der Waals surface area (Å²) in [6, 6.07) is 6.29. The third-order valence-corrected chi connectivity index (χ3v) is 3.61. The van der Waals surface area contributed by atoms with Crippen molar-refractivity contribution >= 4 is 21.5 Å². The SMILES string of the molecule is NC(=NO)c1ccccc1NS(=O)(=O)c1cnc[nH]1. The fraction of sp³-hybridized carbons (Fsp3) is 0. The number of anilines is 1. The number of nitrogens with two attached hydrogens (primary N) is 1. The molecule has 8 nitrogen and oxygen atoms in total. The molecule has 2 rings (SSSR count). The molecule has 0 amide bonds. The molecule has 9 heteroatoms. The van der Waals surface area contributed by atoms with E-state index in [0.29, 0.717) is 0 Å². The fourth-order valence-corrected chi connectivity index (χ4v) is 2.42. The summed E-state index contributed by atoms with van der Waals surface area (Å²) >= 11 is 0. The molecular weight excluding hydrogens is 270 g/mol. The lowest BCUT2D eigenvalue weighted by molar-refractivity contribution is 0.318. The number of oxime groups is 1. The standard InChI is InChI=1S/C10H11N5O3S/c11-10(14-16)7-3-1-2-4-8(7)15-19(17,18)9-5-12-6-13-9/h1-6,15-16H,(H2,11,14)(H,12,13). The Labute approximate surface area is 109 Å². The maximum absolute atomic E-state index is 12.0. The van der Waals surface area contributed by atoms with Crippen LogP contribution in [0.25, 0.3) is 0 Å². The van der Waals surface area contributed by atoms with Crippen molar-refractivity contribution in [1.82, 2.24) is 9.97 Å². The first-order chi connectivity index (χ1) is 9.04. The summed E-state index contributed by atoms with van der Waals surface area (Å²) in [6.45, 7) is 0. The molecular formula is C10H11N5O3S. The van der Waals surface area contributed by atoms with Crippen LogP contribution in [-0.2, 0) is 10.0 Å². The molecule has 0 aliphatic heterocycles. The van der Waals surface area contributed by atoms with Crippen LogP contribution in [0, 0.1) is 0 Å². The van der Waals surface area contributed by atoms with Crippen LogP contribution < -0.4 is 10.5 Å². The van der Waals surface area contributed by atoms with Gasteiger partial charge in [0.2, 0.25) is 0 Å². The second kappa shape index (κ2) is 4.98. The zero-order valence-corrected chi connectivity index (χ0v) is 10.4. The molecule has 0 fully saturated rings. The van der Waals surface area contributed by atoms with E-state index in [-0.39, 0.29) is 22.1 Å². The van der Waals surface area contributed by atoms with E-state index in [1.54, 1.807) is 12.1 Å². The average Bonchev–Trinajstić information content (AvgIpc) is 2.93. The Balaban J connectivity index is 2.40. The first kappa shape index (κ1) is 12.9. The molecule has 1 heterocycles. The minimum atomic E-state index is -3.79. The maximum Gasteiger partial charge on any atom is 0.278 e. The predicted molar refractivity (Wildman–Crippen MR) is 68.3 cm³/mol. The van der Waals surface area contributed by atoms with Crippen molar-refractivity contribution in [2.24, 2.45) is 10.9 Å². The lowest BCUT2D eigenvalue weighted by atomic mass is 10.2. The van der Waals surface area contributed by atoms with Gasteiger partial charge in [-0.1, -0.05) is 17.3 Å². The molecule has 0 aliphatic carbocycles. The third-order valence-electron chi connectivity index (χ3n) is 2.32. The zero-order valence-electron chi connectivity index (χ0n) is 9.61. The minimum absolute atomic E-state index is 0.0817. The van der Waals surface area contributed by atoms with Gasteiger partial charge in [0.05, 0.1) is 18.2 Å². The van der Waals surface area contributed by atoms with E-state index in [9.17, 15) is 8.42 Å². The van der Waals surface area contributed by atoms with Gasteiger partial charge < -0.3 is 15.9 Å². The van der Waals surface area contributed by atoms with Crippen molar-refractivity contribution in [2.75, 3.05) is 4.72 Å². The Hall–Kier alpha value is -2.55. The van der Waals surface area contributed by atoms with Crippen molar-refractivity contribution in [3.63, 3.8) is 0 Å². The minimum Gasteiger partial charge on any atom is -0.409 e. The average molecular weight is 281 g/mol. The van der Waals surface area contributed by atoms with Gasteiger partial charge in [-0.05, 0) is 12.1 Å². The van der Waals surface area contributed by atoms with Gasteiger partial charge in [0.15, 0.2) is 10.9 Å². The largest absolute Gasteiger partial charge is 0.409 e. The number of nitrogens with one attached hydrogen (secondary N) is 2. The van der Waals surface area contributed by atoms with E-state index >= 15 is 0 Å². The first-order valence-corrected chi connectivity index (χ1v) is 6.61. The summed E-state index contributed by atoms with van der Waals surface area (Å²) < 4.78 is 26.3. The summed E-state index contributed by atoms with van der Waals surface area (Å²) in [7, 11) is -3.79. The summed E-state index contributed by atoms with van der Waals surface area (Å²) in [5.74, 6) is -0.192. The summed E-state index contributed by atoms with van der Waals surface area (Å²) in [5.41, 5.74) is 5.95. The number of hydrogen-bond acceptors (Lipinski definition) is 5. The van der Waals surface area contributed by atoms with Crippen LogP contribution in [0.3, 0.4) is 0 Å². The number of nitrogens with zero attached hydrogens (tertiary/aromatic N) is 2. The predicted octanol–water partition coefficient (Wildman–Crippen LogP) is 0.305. The number of aromatic amines is 1. The van der Waals surface area contributed by atoms with Crippen LogP contribution in [0.1, 0.15) is 5.56 Å². The van der Waals surface area contributed by atoms with Crippen molar-refractivity contribution in [1.29, 1.82) is 0 Å². The van der Waals surface area contributed by atoms with Gasteiger partial charge in [0, 0.05) is 5.56 Å². The molecule has 1 aromatic heterocycles. The second-order valence-corrected chi connectivity index (χ2v) is 5.20. The smallest absolute Gasteiger partial charge is 0.278 e. The number of sulfonamides is 1. The number of aromatic nitrogens is 2. The molecule has 0 unspecified atom stereocenters. The Morgan fingerprint density at radius 1 is 1.42 bits per heavy atom. The highest BCUT2D eigenvalue weighted by Gasteiger charge is 2.18. The Morgan fingerprint density at radius 3 is 2.79 bits per heavy atom. The Bertz CT molecular complexity index is 694. The molecule has 0 saturated carbocycles. The number of amidine groups is 1. The highest BCUT2D eigenvalue weighted by molar-refractivity contribution is 7.92. The van der Waals surface area contributed by atoms with Gasteiger partial charge in [-0.3, -0.25) is 4.72 Å². The maximum atomic E-state index is 12.0. The van der Waals surface area contributed by atoms with Crippen molar-refractivity contribution < 1.29 is 13.6 Å². The van der Waals surface area contributed by atoms with Crippen LogP contribution in [0.4, 0.5) is 5.69 Å². The Morgan fingerprint density at radius 2 is 2.16 bits per heavy atom. The van der Waals surface area contributed by atoms with Crippen LogP contribution in [-0.4, -0.2) is 29.4 Å². The second-order valence-electron chi connectivity index (χ2n) is 3.55. The van der Waals surface area contributed by atoms with E-state index in [0.717, 1.165) is 0 Å². The quantitative estimate of drug-likeness (QED) is 0.277. The fourth-order valence-electron chi connectivity index (χ4n) is 1.44. The van der Waals surface area contributed by atoms with Gasteiger partial charge in [0.1, 0.15) is 0 Å². The summed E-state index contributed by atoms with van der Waals surface area (Å²) in [5, 5.41) is 11.4. The number of rotatable bonds is 4. The van der Waals surface area contributed by atoms with Gasteiger partial charge in [0.25, 0.3) is 10.0 Å².